The van der Waals surface area contributed by atoms with E-state index in [2.05, 4.69) is 0 Å². The quantitative estimate of drug-likeness (QED) is 0.546. The van der Waals surface area contributed by atoms with E-state index in [0.717, 1.165) is 11.8 Å². The number of hydrogen-bond donors (Lipinski definition) is 0. The van der Waals surface area contributed by atoms with E-state index in [1.807, 2.05) is 0 Å². The fourth-order valence-electron chi connectivity index (χ4n) is 1.10. The number of methoxy groups -OCH3 is 1. The summed E-state index contributed by atoms with van der Waals surface area (Å²) >= 11 is 0. The van der Waals surface area contributed by atoms with E-state index in [-0.39, 0.29) is 0 Å². The molecule has 0 saturated carbocycles. The topological polar surface area (TPSA) is 52.4 Å². The van der Waals surface area contributed by atoms with Gasteiger partial charge in [-0.1, -0.05) is 12.1 Å². The number of nitro groups is 1. The van der Waals surface area contributed by atoms with Crippen LogP contribution in [0.1, 0.15) is 12.5 Å². The van der Waals surface area contributed by atoms with Crippen LogP contribution in [0.3, 0.4) is 0 Å². The lowest BCUT2D eigenvalue weighted by molar-refractivity contribution is -0.401. The molecular weight excluding hydrogens is 182 g/mol. The van der Waals surface area contributed by atoms with Crippen molar-refractivity contribution >= 4 is 5.57 Å². The maximum atomic E-state index is 10.2. The molecule has 0 aliphatic heterocycles. The molecule has 0 amide bonds. The molecule has 0 aliphatic carbocycles. The standard InChI is InChI=1S/C10H11NO3/c1-8(7-11(12)13)9-4-3-5-10(6-9)14-2/h3-7H,1-2H3/b8-7+. The van der Waals surface area contributed by atoms with Crippen LogP contribution in [0.5, 0.6) is 5.75 Å². The highest BCUT2D eigenvalue weighted by Crippen LogP contribution is 2.19. The van der Waals surface area contributed by atoms with Gasteiger partial charge in [0.15, 0.2) is 0 Å². The molecule has 0 heterocycles. The summed E-state index contributed by atoms with van der Waals surface area (Å²) in [6.07, 6.45) is 0.981. The molecule has 1 aromatic carbocycles. The van der Waals surface area contributed by atoms with Gasteiger partial charge in [-0.05, 0) is 24.6 Å². The Balaban J connectivity index is 3.01. The van der Waals surface area contributed by atoms with E-state index < -0.39 is 4.92 Å². The minimum absolute atomic E-state index is 0.463. The van der Waals surface area contributed by atoms with E-state index in [1.165, 1.54) is 0 Å². The maximum absolute atomic E-state index is 10.2. The van der Waals surface area contributed by atoms with Crippen LogP contribution in [0.2, 0.25) is 0 Å². The number of ether oxygens (including phenoxy) is 1. The van der Waals surface area contributed by atoms with Crippen molar-refractivity contribution in [3.05, 3.63) is 46.1 Å². The first kappa shape index (κ1) is 10.2. The molecule has 0 unspecified atom stereocenters. The highest BCUT2D eigenvalue weighted by atomic mass is 16.6. The van der Waals surface area contributed by atoms with Gasteiger partial charge in [-0.3, -0.25) is 10.1 Å². The summed E-state index contributed by atoms with van der Waals surface area (Å²) < 4.78 is 5.01. The molecule has 0 aliphatic rings. The zero-order valence-electron chi connectivity index (χ0n) is 8.06. The zero-order chi connectivity index (χ0) is 10.6. The van der Waals surface area contributed by atoms with E-state index in [0.29, 0.717) is 11.3 Å². The average Bonchev–Trinajstić information content (AvgIpc) is 2.17. The molecule has 0 N–H and O–H groups in total. The van der Waals surface area contributed by atoms with Gasteiger partial charge in [0, 0.05) is 5.57 Å². The first-order valence-electron chi connectivity index (χ1n) is 4.10. The monoisotopic (exact) mass is 193 g/mol. The first-order chi connectivity index (χ1) is 6.63. The largest absolute Gasteiger partial charge is 0.497 e. The summed E-state index contributed by atoms with van der Waals surface area (Å²) in [5, 5.41) is 10.2. The molecule has 1 rings (SSSR count). The summed E-state index contributed by atoms with van der Waals surface area (Å²) in [6, 6.07) is 7.15. The van der Waals surface area contributed by atoms with Crippen molar-refractivity contribution in [3.63, 3.8) is 0 Å². The predicted molar refractivity (Wildman–Crippen MR) is 53.6 cm³/mol. The van der Waals surface area contributed by atoms with Gasteiger partial charge in [-0.15, -0.1) is 0 Å². The summed E-state index contributed by atoms with van der Waals surface area (Å²) in [7, 11) is 1.56. The Morgan fingerprint density at radius 3 is 2.86 bits per heavy atom. The summed E-state index contributed by atoms with van der Waals surface area (Å²) in [4.78, 5) is 9.77. The molecule has 4 nitrogen and oxygen atoms in total. The number of benzene rings is 1. The SMILES string of the molecule is COc1cccc(/C(C)=C/[N+](=O)[O-])c1. The molecule has 1 aromatic rings. The average molecular weight is 193 g/mol. The van der Waals surface area contributed by atoms with Crippen LogP contribution in [0, 0.1) is 10.1 Å². The molecular formula is C10H11NO3. The van der Waals surface area contributed by atoms with Gasteiger partial charge in [-0.2, -0.15) is 0 Å². The second-order valence-corrected chi connectivity index (χ2v) is 2.83. The third kappa shape index (κ3) is 2.58. The van der Waals surface area contributed by atoms with Crippen molar-refractivity contribution in [2.24, 2.45) is 0 Å². The molecule has 0 atom stereocenters. The highest BCUT2D eigenvalue weighted by molar-refractivity contribution is 5.63. The molecule has 74 valence electrons. The van der Waals surface area contributed by atoms with Crippen molar-refractivity contribution in [1.29, 1.82) is 0 Å². The normalized spacial score (nSPS) is 11.1. The van der Waals surface area contributed by atoms with Crippen LogP contribution in [0.15, 0.2) is 30.5 Å². The van der Waals surface area contributed by atoms with Gasteiger partial charge in [-0.25, -0.2) is 0 Å². The Morgan fingerprint density at radius 1 is 1.57 bits per heavy atom. The highest BCUT2D eigenvalue weighted by Gasteiger charge is 2.01. The molecule has 0 spiro atoms. The first-order valence-corrected chi connectivity index (χ1v) is 4.10. The van der Waals surface area contributed by atoms with E-state index in [4.69, 9.17) is 4.74 Å². The van der Waals surface area contributed by atoms with Crippen molar-refractivity contribution in [3.8, 4) is 5.75 Å². The van der Waals surface area contributed by atoms with Gasteiger partial charge >= 0.3 is 0 Å². The number of hydrogen-bond acceptors (Lipinski definition) is 3. The third-order valence-corrected chi connectivity index (χ3v) is 1.82. The van der Waals surface area contributed by atoms with Gasteiger partial charge < -0.3 is 4.74 Å². The van der Waals surface area contributed by atoms with E-state index in [1.54, 1.807) is 38.3 Å². The van der Waals surface area contributed by atoms with Gasteiger partial charge in [0.2, 0.25) is 6.20 Å². The molecule has 0 aromatic heterocycles. The van der Waals surface area contributed by atoms with Crippen LogP contribution in [0.25, 0.3) is 5.57 Å². The fourth-order valence-corrected chi connectivity index (χ4v) is 1.10. The Hall–Kier alpha value is -1.84. The Labute approximate surface area is 82.0 Å². The van der Waals surface area contributed by atoms with Crippen molar-refractivity contribution in [2.75, 3.05) is 7.11 Å². The maximum Gasteiger partial charge on any atom is 0.237 e. The predicted octanol–water partition coefficient (Wildman–Crippen LogP) is 2.33. The van der Waals surface area contributed by atoms with Gasteiger partial charge in [0.1, 0.15) is 5.75 Å². The van der Waals surface area contributed by atoms with Gasteiger partial charge in [0.05, 0.1) is 12.0 Å². The van der Waals surface area contributed by atoms with E-state index >= 15 is 0 Å². The Bertz CT molecular complexity index is 371. The van der Waals surface area contributed by atoms with Crippen molar-refractivity contribution in [1.82, 2.24) is 0 Å². The zero-order valence-corrected chi connectivity index (χ0v) is 8.06. The lowest BCUT2D eigenvalue weighted by Gasteiger charge is -2.02. The van der Waals surface area contributed by atoms with Crippen LogP contribution < -0.4 is 4.74 Å². The van der Waals surface area contributed by atoms with Gasteiger partial charge in [0.25, 0.3) is 0 Å². The third-order valence-electron chi connectivity index (χ3n) is 1.82. The molecule has 0 fully saturated rings. The molecule has 0 bridgehead atoms. The molecule has 0 radical (unpaired) electrons. The molecule has 14 heavy (non-hydrogen) atoms. The summed E-state index contributed by atoms with van der Waals surface area (Å²) in [5.74, 6) is 0.693. The summed E-state index contributed by atoms with van der Waals surface area (Å²) in [6.45, 7) is 1.69. The lowest BCUT2D eigenvalue weighted by Crippen LogP contribution is -1.89. The van der Waals surface area contributed by atoms with Crippen LogP contribution in [-0.2, 0) is 0 Å². The smallest absolute Gasteiger partial charge is 0.237 e. The molecule has 0 saturated heterocycles. The fraction of sp³-hybridized carbons (Fsp3) is 0.200. The second-order valence-electron chi connectivity index (χ2n) is 2.83. The van der Waals surface area contributed by atoms with Crippen LogP contribution in [0.4, 0.5) is 0 Å². The summed E-state index contributed by atoms with van der Waals surface area (Å²) in [5.41, 5.74) is 1.40. The Kier molecular flexibility index (Phi) is 3.23. The van der Waals surface area contributed by atoms with Crippen molar-refractivity contribution in [2.45, 2.75) is 6.92 Å². The number of rotatable bonds is 3. The minimum Gasteiger partial charge on any atom is -0.497 e. The van der Waals surface area contributed by atoms with Crippen LogP contribution in [-0.4, -0.2) is 12.0 Å². The van der Waals surface area contributed by atoms with E-state index in [9.17, 15) is 10.1 Å². The number of allylic oxidation sites excluding steroid dienone is 1. The van der Waals surface area contributed by atoms with Crippen LogP contribution >= 0.6 is 0 Å². The Morgan fingerprint density at radius 2 is 2.29 bits per heavy atom. The van der Waals surface area contributed by atoms with Crippen molar-refractivity contribution < 1.29 is 9.66 Å². The number of nitrogens with zero attached hydrogens (tertiary/aromatic N) is 1. The minimum atomic E-state index is -0.463. The molecule has 4 heteroatoms. The lowest BCUT2D eigenvalue weighted by atomic mass is 10.1. The second kappa shape index (κ2) is 4.41.